The van der Waals surface area contributed by atoms with E-state index in [1.54, 1.807) is 0 Å². The number of likely N-dealkylation sites (tertiary alicyclic amines) is 1. The third kappa shape index (κ3) is 3.74. The molecule has 22 heavy (non-hydrogen) atoms. The number of piperazine rings is 1. The quantitative estimate of drug-likeness (QED) is 0.850. The van der Waals surface area contributed by atoms with E-state index in [1.165, 1.54) is 0 Å². The maximum Gasteiger partial charge on any atom is 0.130 e. The number of hydrogen-bond acceptors (Lipinski definition) is 6. The van der Waals surface area contributed by atoms with Crippen LogP contribution in [-0.2, 0) is 0 Å². The van der Waals surface area contributed by atoms with E-state index in [2.05, 4.69) is 38.5 Å². The highest BCUT2D eigenvalue weighted by atomic mass is 16.3. The van der Waals surface area contributed by atoms with Gasteiger partial charge < -0.3 is 10.0 Å². The van der Waals surface area contributed by atoms with E-state index in [0.717, 1.165) is 63.9 Å². The van der Waals surface area contributed by atoms with Crippen LogP contribution in [0.4, 0.5) is 5.69 Å². The summed E-state index contributed by atoms with van der Waals surface area (Å²) in [7, 11) is 0. The normalized spacial score (nSPS) is 21.4. The van der Waals surface area contributed by atoms with Gasteiger partial charge >= 0.3 is 0 Å². The molecule has 0 atom stereocenters. The average molecular weight is 305 g/mol. The number of aliphatic hydroxyl groups excluding tert-OH is 1. The molecule has 2 saturated heterocycles. The van der Waals surface area contributed by atoms with Crippen LogP contribution in [0.5, 0.6) is 0 Å². The number of aliphatic hydroxyl groups is 1. The minimum Gasteiger partial charge on any atom is -0.390 e. The van der Waals surface area contributed by atoms with Crippen molar-refractivity contribution in [2.24, 2.45) is 0 Å². The van der Waals surface area contributed by atoms with Gasteiger partial charge in [0.15, 0.2) is 0 Å². The predicted molar refractivity (Wildman–Crippen MR) is 87.2 cm³/mol. The smallest absolute Gasteiger partial charge is 0.130 e. The van der Waals surface area contributed by atoms with Crippen molar-refractivity contribution in [3.8, 4) is 0 Å². The summed E-state index contributed by atoms with van der Waals surface area (Å²) in [5.74, 6) is 1.30. The number of β-amino-alcohol motifs (C(OH)–C–C–N with tert-alkyl or cyclic N) is 1. The Morgan fingerprint density at radius 1 is 1.05 bits per heavy atom. The van der Waals surface area contributed by atoms with Crippen molar-refractivity contribution in [3.05, 3.63) is 18.2 Å². The summed E-state index contributed by atoms with van der Waals surface area (Å²) in [5, 5.41) is 9.30. The summed E-state index contributed by atoms with van der Waals surface area (Å²) in [4.78, 5) is 16.1. The molecular formula is C16H27N5O. The molecule has 1 aromatic rings. The molecule has 3 heterocycles. The van der Waals surface area contributed by atoms with Crippen LogP contribution in [0.2, 0.25) is 0 Å². The molecule has 0 unspecified atom stereocenters. The van der Waals surface area contributed by atoms with Crippen LogP contribution < -0.4 is 4.90 Å². The first-order valence-corrected chi connectivity index (χ1v) is 8.31. The summed E-state index contributed by atoms with van der Waals surface area (Å²) >= 11 is 0. The molecule has 0 amide bonds. The Balaban J connectivity index is 1.43. The third-order valence-electron chi connectivity index (χ3n) is 4.58. The Bertz CT molecular complexity index is 464. The SMILES string of the molecule is CC(C)c1ncc(N2CCN(CCN3CC(O)C3)CC2)cn1. The van der Waals surface area contributed by atoms with Crippen molar-refractivity contribution in [1.82, 2.24) is 19.8 Å². The fraction of sp³-hybridized carbons (Fsp3) is 0.750. The minimum atomic E-state index is -0.0920. The fourth-order valence-electron chi connectivity index (χ4n) is 3.03. The minimum absolute atomic E-state index is 0.0920. The third-order valence-corrected chi connectivity index (χ3v) is 4.58. The number of anilines is 1. The highest BCUT2D eigenvalue weighted by molar-refractivity contribution is 5.42. The van der Waals surface area contributed by atoms with E-state index < -0.39 is 0 Å². The van der Waals surface area contributed by atoms with E-state index in [0.29, 0.717) is 5.92 Å². The number of hydrogen-bond donors (Lipinski definition) is 1. The summed E-state index contributed by atoms with van der Waals surface area (Å²) < 4.78 is 0. The van der Waals surface area contributed by atoms with Crippen LogP contribution in [0, 0.1) is 0 Å². The summed E-state index contributed by atoms with van der Waals surface area (Å²) in [6.45, 7) is 12.3. The Morgan fingerprint density at radius 2 is 1.64 bits per heavy atom. The van der Waals surface area contributed by atoms with Crippen molar-refractivity contribution in [2.45, 2.75) is 25.9 Å². The monoisotopic (exact) mass is 305 g/mol. The highest BCUT2D eigenvalue weighted by Gasteiger charge is 2.25. The second-order valence-corrected chi connectivity index (χ2v) is 6.70. The summed E-state index contributed by atoms with van der Waals surface area (Å²) in [5.41, 5.74) is 1.13. The summed E-state index contributed by atoms with van der Waals surface area (Å²) in [6, 6.07) is 0. The van der Waals surface area contributed by atoms with Crippen LogP contribution in [0.15, 0.2) is 12.4 Å². The molecule has 0 spiro atoms. The van der Waals surface area contributed by atoms with Crippen LogP contribution in [-0.4, -0.2) is 83.3 Å². The van der Waals surface area contributed by atoms with Gasteiger partial charge in [-0.1, -0.05) is 13.8 Å². The van der Waals surface area contributed by atoms with Crippen LogP contribution >= 0.6 is 0 Å². The van der Waals surface area contributed by atoms with Gasteiger partial charge in [-0.25, -0.2) is 9.97 Å². The van der Waals surface area contributed by atoms with Gasteiger partial charge in [-0.15, -0.1) is 0 Å². The standard InChI is InChI=1S/C16H27N5O/c1-13(2)16-17-9-14(10-18-16)21-7-5-19(6-8-21)3-4-20-11-15(22)12-20/h9-10,13,15,22H,3-8,11-12H2,1-2H3. The molecule has 0 aromatic carbocycles. The van der Waals surface area contributed by atoms with Crippen molar-refractivity contribution in [3.63, 3.8) is 0 Å². The van der Waals surface area contributed by atoms with E-state index in [-0.39, 0.29) is 6.10 Å². The molecule has 122 valence electrons. The van der Waals surface area contributed by atoms with Crippen LogP contribution in [0.25, 0.3) is 0 Å². The van der Waals surface area contributed by atoms with Gasteiger partial charge in [0.1, 0.15) is 5.82 Å². The molecule has 0 saturated carbocycles. The molecule has 6 nitrogen and oxygen atoms in total. The lowest BCUT2D eigenvalue weighted by Gasteiger charge is -2.39. The molecule has 2 aliphatic heterocycles. The van der Waals surface area contributed by atoms with Crippen LogP contribution in [0.1, 0.15) is 25.6 Å². The highest BCUT2D eigenvalue weighted by Crippen LogP contribution is 2.16. The number of rotatable bonds is 5. The molecule has 6 heteroatoms. The van der Waals surface area contributed by atoms with Crippen molar-refractivity contribution in [2.75, 3.05) is 57.3 Å². The van der Waals surface area contributed by atoms with Gasteiger partial charge in [0.25, 0.3) is 0 Å². The van der Waals surface area contributed by atoms with Gasteiger partial charge in [-0.3, -0.25) is 9.80 Å². The lowest BCUT2D eigenvalue weighted by molar-refractivity contribution is -0.00269. The Labute approximate surface area is 132 Å². The zero-order valence-corrected chi connectivity index (χ0v) is 13.6. The number of aromatic nitrogens is 2. The van der Waals surface area contributed by atoms with Gasteiger partial charge in [0, 0.05) is 58.3 Å². The molecule has 1 aromatic heterocycles. The van der Waals surface area contributed by atoms with Crippen molar-refractivity contribution in [1.29, 1.82) is 0 Å². The second kappa shape index (κ2) is 6.89. The van der Waals surface area contributed by atoms with Gasteiger partial charge in [-0.2, -0.15) is 0 Å². The molecule has 0 aliphatic carbocycles. The topological polar surface area (TPSA) is 55.7 Å². The van der Waals surface area contributed by atoms with Crippen molar-refractivity contribution >= 4 is 5.69 Å². The first-order valence-electron chi connectivity index (χ1n) is 8.31. The molecule has 3 rings (SSSR count). The molecule has 1 N–H and O–H groups in total. The van der Waals surface area contributed by atoms with E-state index in [9.17, 15) is 5.11 Å². The molecule has 0 bridgehead atoms. The largest absolute Gasteiger partial charge is 0.390 e. The molecular weight excluding hydrogens is 278 g/mol. The van der Waals surface area contributed by atoms with Crippen LogP contribution in [0.3, 0.4) is 0 Å². The first-order chi connectivity index (χ1) is 10.6. The summed E-state index contributed by atoms with van der Waals surface area (Å²) in [6.07, 6.45) is 3.82. The van der Waals surface area contributed by atoms with Gasteiger partial charge in [0.2, 0.25) is 0 Å². The van der Waals surface area contributed by atoms with Crippen molar-refractivity contribution < 1.29 is 5.11 Å². The first kappa shape index (κ1) is 15.6. The molecule has 2 aliphatic rings. The number of nitrogens with zero attached hydrogens (tertiary/aromatic N) is 5. The maximum atomic E-state index is 9.30. The fourth-order valence-corrected chi connectivity index (χ4v) is 3.03. The Morgan fingerprint density at radius 3 is 2.18 bits per heavy atom. The molecule has 0 radical (unpaired) electrons. The lowest BCUT2D eigenvalue weighted by Crippen LogP contribution is -2.54. The maximum absolute atomic E-state index is 9.30. The predicted octanol–water partition coefficient (Wildman–Crippen LogP) is 0.399. The average Bonchev–Trinajstić information content (AvgIpc) is 2.51. The van der Waals surface area contributed by atoms with Gasteiger partial charge in [0.05, 0.1) is 24.2 Å². The molecule has 2 fully saturated rings. The van der Waals surface area contributed by atoms with Gasteiger partial charge in [-0.05, 0) is 0 Å². The Kier molecular flexibility index (Phi) is 4.90. The second-order valence-electron chi connectivity index (χ2n) is 6.70. The lowest BCUT2D eigenvalue weighted by atomic mass is 10.2. The van der Waals surface area contributed by atoms with E-state index in [4.69, 9.17) is 0 Å². The Hall–Kier alpha value is -1.24. The zero-order chi connectivity index (χ0) is 15.5. The van der Waals surface area contributed by atoms with E-state index >= 15 is 0 Å². The zero-order valence-electron chi connectivity index (χ0n) is 13.6. The van der Waals surface area contributed by atoms with E-state index in [1.807, 2.05) is 12.4 Å².